The standard InChI is InChI=1S/C20H36N4O3/c1-16(2)18(22(3)19(26)13-21-15-25)14-24-12-8-5-9-17(24)20(27)23-10-6-4-7-11-23/h15-18H,4-14H2,1-3H3,(H,21,25)/t17-,18+/m0/s1. The van der Waals surface area contributed by atoms with E-state index in [-0.39, 0.29) is 36.4 Å². The highest BCUT2D eigenvalue weighted by molar-refractivity contribution is 5.82. The van der Waals surface area contributed by atoms with Crippen LogP contribution in [0.25, 0.3) is 0 Å². The van der Waals surface area contributed by atoms with Crippen molar-refractivity contribution in [1.29, 1.82) is 0 Å². The van der Waals surface area contributed by atoms with Crippen molar-refractivity contribution in [2.75, 3.05) is 39.8 Å². The van der Waals surface area contributed by atoms with E-state index >= 15 is 0 Å². The Balaban J connectivity index is 2.05. The highest BCUT2D eigenvalue weighted by Crippen LogP contribution is 2.23. The summed E-state index contributed by atoms with van der Waals surface area (Å²) < 4.78 is 0. The highest BCUT2D eigenvalue weighted by atomic mass is 16.2. The van der Waals surface area contributed by atoms with Crippen molar-refractivity contribution in [1.82, 2.24) is 20.0 Å². The second kappa shape index (κ2) is 10.6. The van der Waals surface area contributed by atoms with E-state index in [1.165, 1.54) is 6.42 Å². The maximum atomic E-state index is 13.1. The van der Waals surface area contributed by atoms with Crippen molar-refractivity contribution in [2.24, 2.45) is 5.92 Å². The Labute approximate surface area is 163 Å². The van der Waals surface area contributed by atoms with Gasteiger partial charge in [-0.1, -0.05) is 20.3 Å². The second-order valence-electron chi connectivity index (χ2n) is 8.21. The monoisotopic (exact) mass is 380 g/mol. The normalized spacial score (nSPS) is 22.4. The quantitative estimate of drug-likeness (QED) is 0.640. The molecule has 2 heterocycles. The van der Waals surface area contributed by atoms with Gasteiger partial charge in [0, 0.05) is 32.7 Å². The fraction of sp³-hybridized carbons (Fsp3) is 0.850. The summed E-state index contributed by atoms with van der Waals surface area (Å²) in [7, 11) is 1.80. The minimum atomic E-state index is -0.100. The molecule has 2 atom stereocenters. The van der Waals surface area contributed by atoms with Crippen LogP contribution in [-0.2, 0) is 14.4 Å². The van der Waals surface area contributed by atoms with Crippen LogP contribution in [0.15, 0.2) is 0 Å². The molecule has 2 aliphatic rings. The number of nitrogens with one attached hydrogen (secondary N) is 1. The lowest BCUT2D eigenvalue weighted by Gasteiger charge is -2.42. The smallest absolute Gasteiger partial charge is 0.241 e. The molecule has 2 aliphatic heterocycles. The molecule has 0 unspecified atom stereocenters. The fourth-order valence-corrected chi connectivity index (χ4v) is 4.27. The lowest BCUT2D eigenvalue weighted by molar-refractivity contribution is -0.140. The topological polar surface area (TPSA) is 73.0 Å². The van der Waals surface area contributed by atoms with Crippen molar-refractivity contribution in [3.63, 3.8) is 0 Å². The second-order valence-corrected chi connectivity index (χ2v) is 8.21. The molecule has 7 heteroatoms. The van der Waals surface area contributed by atoms with Gasteiger partial charge in [0.25, 0.3) is 0 Å². The van der Waals surface area contributed by atoms with Crippen LogP contribution in [-0.4, -0.2) is 84.8 Å². The zero-order valence-corrected chi connectivity index (χ0v) is 17.2. The molecular formula is C20H36N4O3. The molecule has 0 aromatic heterocycles. The van der Waals surface area contributed by atoms with Crippen LogP contribution in [0.1, 0.15) is 52.4 Å². The third kappa shape index (κ3) is 5.92. The molecule has 1 N–H and O–H groups in total. The van der Waals surface area contributed by atoms with Crippen LogP contribution in [0.3, 0.4) is 0 Å². The molecular weight excluding hydrogens is 344 g/mol. The first kappa shape index (κ1) is 21.7. The molecule has 0 aromatic rings. The number of carbonyl (C=O) groups is 3. The van der Waals surface area contributed by atoms with E-state index in [1.807, 2.05) is 4.90 Å². The molecule has 0 aromatic carbocycles. The summed E-state index contributed by atoms with van der Waals surface area (Å²) in [5.74, 6) is 0.438. The Morgan fingerprint density at radius 3 is 2.41 bits per heavy atom. The SMILES string of the molecule is CC(C)[C@@H](CN1CCCC[C@H]1C(=O)N1CCCCC1)N(C)C(=O)CNC=O. The molecule has 0 aliphatic carbocycles. The van der Waals surface area contributed by atoms with Gasteiger partial charge in [-0.05, 0) is 44.6 Å². The van der Waals surface area contributed by atoms with Gasteiger partial charge in [0.05, 0.1) is 12.6 Å². The van der Waals surface area contributed by atoms with Gasteiger partial charge >= 0.3 is 0 Å². The van der Waals surface area contributed by atoms with Gasteiger partial charge in [0.15, 0.2) is 0 Å². The number of likely N-dealkylation sites (tertiary alicyclic amines) is 2. The van der Waals surface area contributed by atoms with Gasteiger partial charge in [-0.2, -0.15) is 0 Å². The molecule has 154 valence electrons. The van der Waals surface area contributed by atoms with E-state index < -0.39 is 0 Å². The lowest BCUT2D eigenvalue weighted by atomic mass is 9.96. The zero-order chi connectivity index (χ0) is 19.8. The first-order valence-corrected chi connectivity index (χ1v) is 10.4. The van der Waals surface area contributed by atoms with Crippen molar-refractivity contribution in [3.8, 4) is 0 Å². The van der Waals surface area contributed by atoms with Crippen LogP contribution in [0.2, 0.25) is 0 Å². The average molecular weight is 381 g/mol. The lowest BCUT2D eigenvalue weighted by Crippen LogP contribution is -2.57. The summed E-state index contributed by atoms with van der Waals surface area (Å²) in [6.07, 6.45) is 7.07. The van der Waals surface area contributed by atoms with E-state index in [0.717, 1.165) is 51.7 Å². The summed E-state index contributed by atoms with van der Waals surface area (Å²) in [6, 6.07) is -0.0459. The zero-order valence-electron chi connectivity index (χ0n) is 17.2. The van der Waals surface area contributed by atoms with Gasteiger partial charge < -0.3 is 15.1 Å². The van der Waals surface area contributed by atoms with Crippen molar-refractivity contribution < 1.29 is 14.4 Å². The predicted molar refractivity (Wildman–Crippen MR) is 105 cm³/mol. The van der Waals surface area contributed by atoms with E-state index in [9.17, 15) is 14.4 Å². The fourth-order valence-electron chi connectivity index (χ4n) is 4.27. The summed E-state index contributed by atoms with van der Waals surface area (Å²) in [5, 5.41) is 2.45. The Morgan fingerprint density at radius 1 is 1.11 bits per heavy atom. The molecule has 2 saturated heterocycles. The molecule has 0 spiro atoms. The molecule has 0 bridgehead atoms. The molecule has 3 amide bonds. The average Bonchev–Trinajstić information content (AvgIpc) is 2.69. The van der Waals surface area contributed by atoms with Crippen molar-refractivity contribution >= 4 is 18.2 Å². The number of carbonyl (C=O) groups excluding carboxylic acids is 3. The number of likely N-dealkylation sites (N-methyl/N-ethyl adjacent to an activating group) is 1. The number of piperidine rings is 2. The minimum absolute atomic E-state index is 0.0133. The highest BCUT2D eigenvalue weighted by Gasteiger charge is 2.35. The van der Waals surface area contributed by atoms with Crippen LogP contribution in [0.5, 0.6) is 0 Å². The summed E-state index contributed by atoms with van der Waals surface area (Å²) in [5.41, 5.74) is 0. The molecule has 0 radical (unpaired) electrons. The van der Waals surface area contributed by atoms with Gasteiger partial charge in [-0.15, -0.1) is 0 Å². The maximum absolute atomic E-state index is 13.1. The van der Waals surface area contributed by atoms with Crippen LogP contribution < -0.4 is 5.32 Å². The third-order valence-corrected chi connectivity index (χ3v) is 5.99. The third-order valence-electron chi connectivity index (χ3n) is 5.99. The van der Waals surface area contributed by atoms with Gasteiger partial charge in [0.1, 0.15) is 0 Å². The summed E-state index contributed by atoms with van der Waals surface area (Å²) in [6.45, 7) is 7.59. The van der Waals surface area contributed by atoms with Crippen LogP contribution in [0.4, 0.5) is 0 Å². The van der Waals surface area contributed by atoms with Gasteiger partial charge in [-0.3, -0.25) is 19.3 Å². The number of hydrogen-bond donors (Lipinski definition) is 1. The first-order valence-electron chi connectivity index (χ1n) is 10.4. The van der Waals surface area contributed by atoms with Gasteiger partial charge in [-0.25, -0.2) is 0 Å². The maximum Gasteiger partial charge on any atom is 0.241 e. The largest absolute Gasteiger partial charge is 0.350 e. The van der Waals surface area contributed by atoms with Crippen molar-refractivity contribution in [2.45, 2.75) is 64.5 Å². The van der Waals surface area contributed by atoms with Gasteiger partial charge in [0.2, 0.25) is 18.2 Å². The molecule has 2 fully saturated rings. The Morgan fingerprint density at radius 2 is 1.78 bits per heavy atom. The van der Waals surface area contributed by atoms with E-state index in [2.05, 4.69) is 24.1 Å². The molecule has 2 rings (SSSR count). The Kier molecular flexibility index (Phi) is 8.54. The van der Waals surface area contributed by atoms with Crippen molar-refractivity contribution in [3.05, 3.63) is 0 Å². The number of nitrogens with zero attached hydrogens (tertiary/aromatic N) is 3. The number of amides is 3. The van der Waals surface area contributed by atoms with E-state index in [4.69, 9.17) is 0 Å². The molecule has 7 nitrogen and oxygen atoms in total. The summed E-state index contributed by atoms with van der Waals surface area (Å²) in [4.78, 5) is 42.0. The van der Waals surface area contributed by atoms with E-state index in [1.54, 1.807) is 11.9 Å². The first-order chi connectivity index (χ1) is 13.0. The minimum Gasteiger partial charge on any atom is -0.350 e. The predicted octanol–water partition coefficient (Wildman–Crippen LogP) is 1.08. The number of hydrogen-bond acceptors (Lipinski definition) is 4. The number of rotatable bonds is 8. The Bertz CT molecular complexity index is 505. The van der Waals surface area contributed by atoms with Crippen LogP contribution >= 0.6 is 0 Å². The molecule has 0 saturated carbocycles. The summed E-state index contributed by atoms with van der Waals surface area (Å²) >= 11 is 0. The Hall–Kier alpha value is -1.63. The van der Waals surface area contributed by atoms with Crippen LogP contribution in [0, 0.1) is 5.92 Å². The van der Waals surface area contributed by atoms with E-state index in [0.29, 0.717) is 13.0 Å². The molecule has 27 heavy (non-hydrogen) atoms.